The molecule has 0 saturated heterocycles. The number of nitrogens with one attached hydrogen (secondary N) is 2. The Kier molecular flexibility index (Phi) is 4.99. The molecule has 0 atom stereocenters. The molecule has 7 heteroatoms. The van der Waals surface area contributed by atoms with E-state index in [1.54, 1.807) is 6.20 Å². The number of aromatic amines is 1. The van der Waals surface area contributed by atoms with Crippen LogP contribution in [0.3, 0.4) is 0 Å². The smallest absolute Gasteiger partial charge is 0.206 e. The van der Waals surface area contributed by atoms with Gasteiger partial charge in [-0.25, -0.2) is 0 Å². The summed E-state index contributed by atoms with van der Waals surface area (Å²) >= 11 is 2.88. The highest BCUT2D eigenvalue weighted by Gasteiger charge is 2.13. The molecule has 2 aromatic heterocycles. The van der Waals surface area contributed by atoms with E-state index in [1.807, 2.05) is 42.5 Å². The van der Waals surface area contributed by atoms with Crippen LogP contribution in [0.2, 0.25) is 0 Å². The van der Waals surface area contributed by atoms with Crippen LogP contribution in [-0.4, -0.2) is 26.7 Å². The zero-order chi connectivity index (χ0) is 17.8. The van der Waals surface area contributed by atoms with Gasteiger partial charge in [-0.1, -0.05) is 71.6 Å². The Bertz CT molecular complexity index is 1030. The minimum absolute atomic E-state index is 0.0847. The van der Waals surface area contributed by atoms with E-state index in [0.29, 0.717) is 12.3 Å². The summed E-state index contributed by atoms with van der Waals surface area (Å²) in [6.45, 7) is 0.703. The first-order chi connectivity index (χ1) is 12.8. The monoisotopic (exact) mass is 380 g/mol. The summed E-state index contributed by atoms with van der Waals surface area (Å²) < 4.78 is 0.786. The van der Waals surface area contributed by atoms with E-state index >= 15 is 0 Å². The molecule has 0 aliphatic heterocycles. The average Bonchev–Trinajstić information content (AvgIpc) is 3.32. The van der Waals surface area contributed by atoms with Crippen molar-refractivity contribution >= 4 is 44.9 Å². The number of hydrogen-bond donors (Lipinski definition) is 2. The zero-order valence-electron chi connectivity index (χ0n) is 13.8. The van der Waals surface area contributed by atoms with Crippen LogP contribution < -0.4 is 5.32 Å². The number of hydrogen-bond acceptors (Lipinski definition) is 6. The first-order valence-electron chi connectivity index (χ1n) is 8.13. The van der Waals surface area contributed by atoms with Crippen LogP contribution in [0.5, 0.6) is 0 Å². The highest BCUT2D eigenvalue weighted by molar-refractivity contribution is 8.01. The van der Waals surface area contributed by atoms with E-state index in [-0.39, 0.29) is 5.78 Å². The lowest BCUT2D eigenvalue weighted by molar-refractivity contribution is 0.102. The molecule has 4 aromatic rings. The van der Waals surface area contributed by atoms with Crippen molar-refractivity contribution in [1.82, 2.24) is 15.2 Å². The van der Waals surface area contributed by atoms with Gasteiger partial charge in [0.2, 0.25) is 5.13 Å². The molecule has 26 heavy (non-hydrogen) atoms. The number of benzene rings is 2. The molecular formula is C19H16N4OS2. The number of para-hydroxylation sites is 1. The van der Waals surface area contributed by atoms with Gasteiger partial charge in [-0.2, -0.15) is 0 Å². The molecule has 0 amide bonds. The van der Waals surface area contributed by atoms with Crippen LogP contribution in [0, 0.1) is 0 Å². The van der Waals surface area contributed by atoms with E-state index in [9.17, 15) is 4.79 Å². The molecule has 0 unspecified atom stereocenters. The summed E-state index contributed by atoms with van der Waals surface area (Å²) in [7, 11) is 0. The molecule has 0 spiro atoms. The quantitative estimate of drug-likeness (QED) is 0.362. The zero-order valence-corrected chi connectivity index (χ0v) is 15.4. The molecule has 2 heterocycles. The minimum atomic E-state index is 0.0847. The third-order valence-electron chi connectivity index (χ3n) is 3.91. The predicted octanol–water partition coefficient (Wildman–Crippen LogP) is 4.61. The van der Waals surface area contributed by atoms with Gasteiger partial charge >= 0.3 is 0 Å². The molecule has 130 valence electrons. The Labute approximate surface area is 158 Å². The van der Waals surface area contributed by atoms with E-state index in [1.165, 1.54) is 28.7 Å². The number of carbonyl (C=O) groups excluding carboxylic acids is 1. The lowest BCUT2D eigenvalue weighted by Crippen LogP contribution is -2.01. The molecule has 0 bridgehead atoms. The van der Waals surface area contributed by atoms with Crippen LogP contribution in [0.15, 0.2) is 65.1 Å². The van der Waals surface area contributed by atoms with Gasteiger partial charge in [0.15, 0.2) is 10.1 Å². The summed E-state index contributed by atoms with van der Waals surface area (Å²) in [5.74, 6) is 0.427. The number of nitrogens with zero attached hydrogens (tertiary/aromatic N) is 2. The molecule has 0 radical (unpaired) electrons. The number of anilines is 1. The normalized spacial score (nSPS) is 10.9. The van der Waals surface area contributed by atoms with Crippen molar-refractivity contribution in [2.45, 2.75) is 10.9 Å². The second-order valence-corrected chi connectivity index (χ2v) is 7.87. The van der Waals surface area contributed by atoms with E-state index in [0.717, 1.165) is 25.9 Å². The van der Waals surface area contributed by atoms with Crippen molar-refractivity contribution in [3.8, 4) is 0 Å². The third kappa shape index (κ3) is 3.79. The molecule has 4 rings (SSSR count). The van der Waals surface area contributed by atoms with Gasteiger partial charge in [-0.05, 0) is 11.6 Å². The topological polar surface area (TPSA) is 70.7 Å². The Morgan fingerprint density at radius 1 is 1.08 bits per heavy atom. The minimum Gasteiger partial charge on any atom is -0.360 e. The Hall–Kier alpha value is -2.64. The number of ketones is 1. The molecule has 5 nitrogen and oxygen atoms in total. The number of Topliss-reactive ketones (excluding diaryl/α,β-unsaturated/α-hetero) is 1. The number of aromatic nitrogens is 3. The predicted molar refractivity (Wildman–Crippen MR) is 107 cm³/mol. The molecule has 2 aromatic carbocycles. The van der Waals surface area contributed by atoms with Crippen LogP contribution >= 0.6 is 23.1 Å². The van der Waals surface area contributed by atoms with Crippen molar-refractivity contribution in [3.63, 3.8) is 0 Å². The van der Waals surface area contributed by atoms with Crippen LogP contribution in [0.4, 0.5) is 5.13 Å². The molecule has 0 aliphatic carbocycles. The van der Waals surface area contributed by atoms with Crippen LogP contribution in [0.1, 0.15) is 15.9 Å². The first-order valence-corrected chi connectivity index (χ1v) is 9.93. The number of H-pyrrole nitrogens is 1. The summed E-state index contributed by atoms with van der Waals surface area (Å²) in [6.07, 6.45) is 1.78. The van der Waals surface area contributed by atoms with Crippen molar-refractivity contribution < 1.29 is 4.79 Å². The van der Waals surface area contributed by atoms with Crippen LogP contribution in [0.25, 0.3) is 10.9 Å². The number of carbonyl (C=O) groups is 1. The number of rotatable bonds is 7. The van der Waals surface area contributed by atoms with Crippen molar-refractivity contribution in [1.29, 1.82) is 0 Å². The number of fused-ring (bicyclic) bond motifs is 1. The molecule has 0 aliphatic rings. The molecule has 0 saturated carbocycles. The van der Waals surface area contributed by atoms with Gasteiger partial charge in [0.25, 0.3) is 0 Å². The fourth-order valence-corrected chi connectivity index (χ4v) is 4.25. The summed E-state index contributed by atoms with van der Waals surface area (Å²) in [6, 6.07) is 17.9. The summed E-state index contributed by atoms with van der Waals surface area (Å²) in [5, 5.41) is 13.3. The standard InChI is InChI=1S/C19H16N4OS2/c24-17(15-11-20-16-9-5-4-8-14(15)16)12-25-19-23-22-18(26-19)21-10-13-6-2-1-3-7-13/h1-9,11,20H,10,12H2,(H,21,22). The van der Waals surface area contributed by atoms with Gasteiger partial charge < -0.3 is 10.3 Å². The van der Waals surface area contributed by atoms with Gasteiger partial charge in [0.1, 0.15) is 0 Å². The average molecular weight is 380 g/mol. The second kappa shape index (κ2) is 7.72. The van der Waals surface area contributed by atoms with Crippen molar-refractivity contribution in [2.24, 2.45) is 0 Å². The Morgan fingerprint density at radius 3 is 2.77 bits per heavy atom. The fourth-order valence-electron chi connectivity index (χ4n) is 2.62. The highest BCUT2D eigenvalue weighted by Crippen LogP contribution is 2.27. The van der Waals surface area contributed by atoms with Gasteiger partial charge in [0.05, 0.1) is 5.75 Å². The first kappa shape index (κ1) is 16.8. The van der Waals surface area contributed by atoms with Crippen molar-refractivity contribution in [2.75, 3.05) is 11.1 Å². The molecule has 2 N–H and O–H groups in total. The summed E-state index contributed by atoms with van der Waals surface area (Å²) in [5.41, 5.74) is 2.88. The fraction of sp³-hybridized carbons (Fsp3) is 0.105. The van der Waals surface area contributed by atoms with E-state index in [2.05, 4.69) is 32.6 Å². The Balaban J connectivity index is 1.35. The van der Waals surface area contributed by atoms with Gasteiger partial charge in [0, 0.05) is 29.2 Å². The van der Waals surface area contributed by atoms with Crippen molar-refractivity contribution in [3.05, 3.63) is 71.9 Å². The Morgan fingerprint density at radius 2 is 1.88 bits per heavy atom. The largest absolute Gasteiger partial charge is 0.360 e. The lowest BCUT2D eigenvalue weighted by Gasteiger charge is -2.01. The van der Waals surface area contributed by atoms with Crippen LogP contribution in [-0.2, 0) is 6.54 Å². The van der Waals surface area contributed by atoms with E-state index in [4.69, 9.17) is 0 Å². The SMILES string of the molecule is O=C(CSc1nnc(NCc2ccccc2)s1)c1c[nH]c2ccccc12. The lowest BCUT2D eigenvalue weighted by atomic mass is 10.1. The van der Waals surface area contributed by atoms with Gasteiger partial charge in [-0.3, -0.25) is 4.79 Å². The maximum atomic E-state index is 12.5. The molecular weight excluding hydrogens is 364 g/mol. The molecule has 0 fully saturated rings. The summed E-state index contributed by atoms with van der Waals surface area (Å²) in [4.78, 5) is 15.6. The van der Waals surface area contributed by atoms with Gasteiger partial charge in [-0.15, -0.1) is 10.2 Å². The highest BCUT2D eigenvalue weighted by atomic mass is 32.2. The second-order valence-electron chi connectivity index (χ2n) is 5.67. The maximum Gasteiger partial charge on any atom is 0.206 e. The number of thioether (sulfide) groups is 1. The van der Waals surface area contributed by atoms with E-state index < -0.39 is 0 Å². The maximum absolute atomic E-state index is 12.5. The third-order valence-corrected chi connectivity index (χ3v) is 5.92.